The van der Waals surface area contributed by atoms with E-state index >= 15 is 0 Å². The maximum absolute atomic E-state index is 6.15. The van der Waals surface area contributed by atoms with Gasteiger partial charge < -0.3 is 19.7 Å². The number of rotatable bonds is 7. The third-order valence-corrected chi connectivity index (χ3v) is 5.77. The molecule has 1 aromatic rings. The highest BCUT2D eigenvalue weighted by molar-refractivity contribution is 14.0. The Morgan fingerprint density at radius 2 is 2.00 bits per heavy atom. The molecule has 29 heavy (non-hydrogen) atoms. The Kier molecular flexibility index (Phi) is 11.3. The Labute approximate surface area is 193 Å². The van der Waals surface area contributed by atoms with Gasteiger partial charge in [-0.1, -0.05) is 24.3 Å². The van der Waals surface area contributed by atoms with E-state index in [-0.39, 0.29) is 24.0 Å². The van der Waals surface area contributed by atoms with Crippen molar-refractivity contribution >= 4 is 29.9 Å². The van der Waals surface area contributed by atoms with E-state index in [1.807, 2.05) is 0 Å². The number of guanidine groups is 1. The first-order chi connectivity index (χ1) is 13.8. The van der Waals surface area contributed by atoms with Crippen molar-refractivity contribution in [3.8, 4) is 0 Å². The predicted molar refractivity (Wildman–Crippen MR) is 130 cm³/mol. The molecule has 0 aliphatic carbocycles. The van der Waals surface area contributed by atoms with Crippen LogP contribution in [-0.2, 0) is 15.9 Å². The molecule has 5 nitrogen and oxygen atoms in total. The summed E-state index contributed by atoms with van der Waals surface area (Å²) in [5.74, 6) is 1.05. The molecule has 2 heterocycles. The molecular weight excluding hydrogens is 477 g/mol. The molecule has 1 unspecified atom stereocenters. The number of likely N-dealkylation sites (tertiary alicyclic amines) is 1. The number of halogens is 1. The molecule has 1 N–H and O–H groups in total. The number of hydrogen-bond donors (Lipinski definition) is 1. The van der Waals surface area contributed by atoms with E-state index in [9.17, 15) is 0 Å². The fraction of sp³-hybridized carbons (Fsp3) is 0.696. The summed E-state index contributed by atoms with van der Waals surface area (Å²) in [6.45, 7) is 9.71. The average molecular weight is 515 g/mol. The van der Waals surface area contributed by atoms with Gasteiger partial charge in [0.1, 0.15) is 0 Å². The quantitative estimate of drug-likeness (QED) is 0.337. The van der Waals surface area contributed by atoms with Gasteiger partial charge in [0.15, 0.2) is 5.96 Å². The third kappa shape index (κ3) is 8.06. The largest absolute Gasteiger partial charge is 0.376 e. The van der Waals surface area contributed by atoms with Crippen LogP contribution in [0.15, 0.2) is 29.3 Å². The maximum Gasteiger partial charge on any atom is 0.193 e. The molecule has 2 aliphatic heterocycles. The van der Waals surface area contributed by atoms with Crippen LogP contribution in [0.2, 0.25) is 0 Å². The average Bonchev–Trinajstić information content (AvgIpc) is 2.74. The van der Waals surface area contributed by atoms with E-state index in [2.05, 4.69) is 48.3 Å². The van der Waals surface area contributed by atoms with E-state index in [0.717, 1.165) is 71.0 Å². The monoisotopic (exact) mass is 515 g/mol. The van der Waals surface area contributed by atoms with Crippen molar-refractivity contribution in [3.63, 3.8) is 0 Å². The summed E-state index contributed by atoms with van der Waals surface area (Å²) in [5, 5.41) is 3.47. The van der Waals surface area contributed by atoms with Crippen LogP contribution in [0.25, 0.3) is 0 Å². The van der Waals surface area contributed by atoms with Crippen LogP contribution in [0.5, 0.6) is 0 Å². The summed E-state index contributed by atoms with van der Waals surface area (Å²) < 4.78 is 11.9. The van der Waals surface area contributed by atoms with Crippen LogP contribution < -0.4 is 5.32 Å². The van der Waals surface area contributed by atoms with E-state index < -0.39 is 0 Å². The molecule has 0 saturated carbocycles. The lowest BCUT2D eigenvalue weighted by Crippen LogP contribution is -2.47. The summed E-state index contributed by atoms with van der Waals surface area (Å²) in [7, 11) is 0. The Bertz CT molecular complexity index is 612. The number of ether oxygens (including phenoxy) is 2. The molecule has 1 atom stereocenters. The zero-order valence-electron chi connectivity index (χ0n) is 18.1. The van der Waals surface area contributed by atoms with Crippen molar-refractivity contribution in [1.29, 1.82) is 0 Å². The highest BCUT2D eigenvalue weighted by Crippen LogP contribution is 2.18. The third-order valence-electron chi connectivity index (χ3n) is 5.77. The highest BCUT2D eigenvalue weighted by Gasteiger charge is 2.23. The zero-order chi connectivity index (χ0) is 19.6. The minimum absolute atomic E-state index is 0. The number of benzene rings is 1. The van der Waals surface area contributed by atoms with Gasteiger partial charge in [0.05, 0.1) is 18.8 Å². The predicted octanol–water partition coefficient (Wildman–Crippen LogP) is 4.17. The van der Waals surface area contributed by atoms with Crippen molar-refractivity contribution in [2.24, 2.45) is 4.99 Å². The maximum atomic E-state index is 6.15. The second-order valence-electron chi connectivity index (χ2n) is 7.92. The van der Waals surface area contributed by atoms with Gasteiger partial charge in [-0.3, -0.25) is 4.99 Å². The molecule has 3 rings (SSSR count). The van der Waals surface area contributed by atoms with E-state index in [1.54, 1.807) is 0 Å². The smallest absolute Gasteiger partial charge is 0.193 e. The van der Waals surface area contributed by atoms with Crippen molar-refractivity contribution < 1.29 is 9.47 Å². The van der Waals surface area contributed by atoms with Gasteiger partial charge in [-0.05, 0) is 63.5 Å². The van der Waals surface area contributed by atoms with Crippen molar-refractivity contribution in [2.75, 3.05) is 39.4 Å². The normalized spacial score (nSPS) is 21.0. The van der Waals surface area contributed by atoms with Gasteiger partial charge in [-0.2, -0.15) is 0 Å². The molecule has 6 heteroatoms. The molecule has 0 spiro atoms. The minimum atomic E-state index is 0. The summed E-state index contributed by atoms with van der Waals surface area (Å²) >= 11 is 0. The van der Waals surface area contributed by atoms with Crippen LogP contribution in [-0.4, -0.2) is 62.5 Å². The Morgan fingerprint density at radius 3 is 2.69 bits per heavy atom. The number of nitrogens with zero attached hydrogens (tertiary/aromatic N) is 2. The number of nitrogens with one attached hydrogen (secondary N) is 1. The number of aliphatic imine (C=N–C) groups is 1. The fourth-order valence-corrected chi connectivity index (χ4v) is 4.02. The molecule has 0 amide bonds. The Balaban J connectivity index is 0.00000300. The summed E-state index contributed by atoms with van der Waals surface area (Å²) in [5.41, 5.74) is 2.74. The standard InChI is InChI=1S/C23H37N3O2.HI/c1-3-24-23(25-14-11-20-9-5-4-8-19(20)2)26-15-12-21(13-16-26)28-18-22-10-6-7-17-27-22;/h4-5,8-9,21-22H,3,6-7,10-18H2,1-2H3,(H,24,25);1H. The van der Waals surface area contributed by atoms with Gasteiger partial charge in [-0.25, -0.2) is 0 Å². The first-order valence-electron chi connectivity index (χ1n) is 11.1. The van der Waals surface area contributed by atoms with Crippen LogP contribution >= 0.6 is 24.0 Å². The summed E-state index contributed by atoms with van der Waals surface area (Å²) in [6.07, 6.45) is 7.41. The van der Waals surface area contributed by atoms with Crippen LogP contribution in [0, 0.1) is 6.92 Å². The molecule has 0 aromatic heterocycles. The molecule has 0 radical (unpaired) electrons. The van der Waals surface area contributed by atoms with Gasteiger partial charge in [0.25, 0.3) is 0 Å². The van der Waals surface area contributed by atoms with E-state index in [1.165, 1.54) is 24.0 Å². The topological polar surface area (TPSA) is 46.1 Å². The van der Waals surface area contributed by atoms with Gasteiger partial charge in [0.2, 0.25) is 0 Å². The minimum Gasteiger partial charge on any atom is -0.376 e. The summed E-state index contributed by atoms with van der Waals surface area (Å²) in [6, 6.07) is 8.59. The fourth-order valence-electron chi connectivity index (χ4n) is 4.02. The number of aryl methyl sites for hydroxylation is 1. The summed E-state index contributed by atoms with van der Waals surface area (Å²) in [4.78, 5) is 7.28. The van der Waals surface area contributed by atoms with Gasteiger partial charge in [-0.15, -0.1) is 24.0 Å². The van der Waals surface area contributed by atoms with E-state index in [0.29, 0.717) is 12.2 Å². The van der Waals surface area contributed by atoms with Crippen molar-refractivity contribution in [3.05, 3.63) is 35.4 Å². The first kappa shape index (κ1) is 24.4. The Hall–Kier alpha value is -0.860. The molecule has 2 fully saturated rings. The molecule has 1 aromatic carbocycles. The lowest BCUT2D eigenvalue weighted by molar-refractivity contribution is -0.0721. The molecule has 2 saturated heterocycles. The van der Waals surface area contributed by atoms with Crippen molar-refractivity contribution in [1.82, 2.24) is 10.2 Å². The Morgan fingerprint density at radius 1 is 1.21 bits per heavy atom. The first-order valence-corrected chi connectivity index (χ1v) is 11.1. The SMILES string of the molecule is CCNC(=NCCc1ccccc1C)N1CCC(OCC2CCCCO2)CC1.I. The highest BCUT2D eigenvalue weighted by atomic mass is 127. The van der Waals surface area contributed by atoms with Crippen LogP contribution in [0.1, 0.15) is 50.2 Å². The van der Waals surface area contributed by atoms with E-state index in [4.69, 9.17) is 14.5 Å². The molecular formula is C23H38IN3O2. The van der Waals surface area contributed by atoms with Crippen molar-refractivity contribution in [2.45, 2.75) is 64.6 Å². The van der Waals surface area contributed by atoms with Crippen LogP contribution in [0.3, 0.4) is 0 Å². The van der Waals surface area contributed by atoms with Gasteiger partial charge in [0, 0.05) is 32.8 Å². The second-order valence-corrected chi connectivity index (χ2v) is 7.92. The molecule has 164 valence electrons. The zero-order valence-corrected chi connectivity index (χ0v) is 20.4. The van der Waals surface area contributed by atoms with Gasteiger partial charge >= 0.3 is 0 Å². The second kappa shape index (κ2) is 13.4. The van der Waals surface area contributed by atoms with Crippen LogP contribution in [0.4, 0.5) is 0 Å². The molecule has 0 bridgehead atoms. The lowest BCUT2D eigenvalue weighted by Gasteiger charge is -2.35. The lowest BCUT2D eigenvalue weighted by atomic mass is 10.1. The number of piperidine rings is 1. The number of hydrogen-bond acceptors (Lipinski definition) is 3. The molecule has 2 aliphatic rings.